The van der Waals surface area contributed by atoms with Crippen molar-refractivity contribution < 1.29 is 19.2 Å². The first-order chi connectivity index (χ1) is 21.4. The lowest BCUT2D eigenvalue weighted by atomic mass is 9.90. The van der Waals surface area contributed by atoms with Crippen LogP contribution in [-0.4, -0.2) is 94.2 Å². The van der Waals surface area contributed by atoms with E-state index in [1.54, 1.807) is 16.5 Å². The van der Waals surface area contributed by atoms with Gasteiger partial charge in [0.2, 0.25) is 23.5 Å². The molecule has 4 heterocycles. The van der Waals surface area contributed by atoms with Gasteiger partial charge in [0.15, 0.2) is 5.01 Å². The maximum Gasteiger partial charge on any atom is 0.245 e. The number of nitrogens with zero attached hydrogens (tertiary/aromatic N) is 4. The molecule has 3 aromatic rings. The normalized spacial score (nSPS) is 23.2. The summed E-state index contributed by atoms with van der Waals surface area (Å²) in [6.07, 6.45) is 6.37. The Morgan fingerprint density at radius 3 is 2.75 bits per heavy atom. The summed E-state index contributed by atoms with van der Waals surface area (Å²) in [6.45, 7) is 2.62. The van der Waals surface area contributed by atoms with Crippen molar-refractivity contribution >= 4 is 45.6 Å². The summed E-state index contributed by atoms with van der Waals surface area (Å²) >= 11 is 1.25. The Labute approximate surface area is 261 Å². The molecule has 0 saturated carbocycles. The van der Waals surface area contributed by atoms with Crippen LogP contribution in [0.15, 0.2) is 54.0 Å². The molecule has 3 saturated heterocycles. The molecule has 10 nitrogen and oxygen atoms in total. The smallest absolute Gasteiger partial charge is 0.245 e. The molecule has 0 unspecified atom stereocenters. The zero-order valence-corrected chi connectivity index (χ0v) is 25.7. The second kappa shape index (κ2) is 13.5. The molecule has 2 aromatic carbocycles. The van der Waals surface area contributed by atoms with Crippen molar-refractivity contribution in [3.8, 4) is 0 Å². The average molecular weight is 617 g/mol. The summed E-state index contributed by atoms with van der Waals surface area (Å²) in [5.74, 6) is -0.701. The molecule has 0 spiro atoms. The fraction of sp³-hybridized carbons (Fsp3) is 0.485. The van der Waals surface area contributed by atoms with Crippen LogP contribution in [-0.2, 0) is 20.8 Å². The number of carbonyl (C=O) groups excluding carboxylic acids is 4. The lowest BCUT2D eigenvalue weighted by Gasteiger charge is -2.39. The number of piperazine rings is 1. The van der Waals surface area contributed by atoms with Crippen LogP contribution in [0.2, 0.25) is 0 Å². The highest BCUT2D eigenvalue weighted by Gasteiger charge is 2.49. The van der Waals surface area contributed by atoms with Crippen molar-refractivity contribution in [2.24, 2.45) is 11.7 Å². The first-order valence-electron chi connectivity index (χ1n) is 15.7. The van der Waals surface area contributed by atoms with Crippen LogP contribution in [0.25, 0.3) is 10.8 Å². The number of aromatic nitrogens is 1. The number of piperidine rings is 1. The van der Waals surface area contributed by atoms with Gasteiger partial charge in [-0.2, -0.15) is 0 Å². The molecule has 11 heteroatoms. The van der Waals surface area contributed by atoms with Crippen LogP contribution >= 0.6 is 11.3 Å². The van der Waals surface area contributed by atoms with Crippen molar-refractivity contribution in [3.05, 3.63) is 64.6 Å². The quantitative estimate of drug-likeness (QED) is 0.317. The van der Waals surface area contributed by atoms with Gasteiger partial charge in [0, 0.05) is 31.3 Å². The number of fused-ring (bicyclic) bond motifs is 2. The second-order valence-corrected chi connectivity index (χ2v) is 13.1. The molecule has 232 valence electrons. The lowest BCUT2D eigenvalue weighted by Crippen LogP contribution is -2.62. The first kappa shape index (κ1) is 30.4. The van der Waals surface area contributed by atoms with Crippen LogP contribution in [0.1, 0.15) is 53.9 Å². The summed E-state index contributed by atoms with van der Waals surface area (Å²) in [4.78, 5) is 63.5. The summed E-state index contributed by atoms with van der Waals surface area (Å²) < 4.78 is 0. The average Bonchev–Trinajstić information content (AvgIpc) is 3.75. The number of thiazole rings is 1. The Kier molecular flexibility index (Phi) is 9.34. The Hall–Kier alpha value is -3.67. The third kappa shape index (κ3) is 6.40. The van der Waals surface area contributed by atoms with E-state index >= 15 is 0 Å². The maximum absolute atomic E-state index is 13.7. The first-order valence-corrected chi connectivity index (χ1v) is 16.5. The predicted octanol–water partition coefficient (Wildman–Crippen LogP) is 2.82. The van der Waals surface area contributed by atoms with Crippen LogP contribution in [0.4, 0.5) is 0 Å². The largest absolute Gasteiger partial charge is 0.344 e. The molecule has 0 aliphatic carbocycles. The van der Waals surface area contributed by atoms with Crippen LogP contribution in [0.3, 0.4) is 0 Å². The van der Waals surface area contributed by atoms with Crippen LogP contribution < -0.4 is 11.1 Å². The Morgan fingerprint density at radius 1 is 1.09 bits per heavy atom. The number of aryl methyl sites for hydroxylation is 1. The summed E-state index contributed by atoms with van der Waals surface area (Å²) in [6, 6.07) is 12.3. The van der Waals surface area contributed by atoms with Gasteiger partial charge in [0.1, 0.15) is 12.1 Å². The highest BCUT2D eigenvalue weighted by Crippen LogP contribution is 2.31. The van der Waals surface area contributed by atoms with E-state index in [9.17, 15) is 19.2 Å². The summed E-state index contributed by atoms with van der Waals surface area (Å²) in [5.41, 5.74) is 7.10. The van der Waals surface area contributed by atoms with Gasteiger partial charge >= 0.3 is 0 Å². The highest BCUT2D eigenvalue weighted by atomic mass is 32.1. The lowest BCUT2D eigenvalue weighted by molar-refractivity contribution is -0.157. The molecule has 0 radical (unpaired) electrons. The molecule has 3 fully saturated rings. The Bertz CT molecular complexity index is 1510. The molecular formula is C33H40N6O4S. The van der Waals surface area contributed by atoms with Gasteiger partial charge in [-0.15, -0.1) is 11.3 Å². The van der Waals surface area contributed by atoms with E-state index in [1.807, 2.05) is 18.2 Å². The highest BCUT2D eigenvalue weighted by molar-refractivity contribution is 7.11. The summed E-state index contributed by atoms with van der Waals surface area (Å²) in [7, 11) is 0. The molecule has 3 N–H and O–H groups in total. The third-order valence-corrected chi connectivity index (χ3v) is 10.1. The standard InChI is InChI=1S/C33H40N6O4S/c34-21-37-15-4-6-22(19-37)18-26(30(41)32-35-14-17-44-32)36-31(42)27-12-13-28-33(43)38(20-29(40)39(27)28)16-5-10-24-9-3-8-23-7-1-2-11-25(23)24/h1-3,7-9,11,14,17,22,26-28H,4-6,10,12-13,15-16,18-21,34H2,(H,36,42)/t22-,26-,27-,28-/m0/s1. The van der Waals surface area contributed by atoms with Gasteiger partial charge in [-0.3, -0.25) is 24.1 Å². The maximum atomic E-state index is 13.7. The number of likely N-dealkylation sites (tertiary alicyclic amines) is 1. The fourth-order valence-corrected chi connectivity index (χ4v) is 7.82. The number of nitrogens with two attached hydrogens (primary N) is 1. The van der Waals surface area contributed by atoms with Crippen molar-refractivity contribution in [1.82, 2.24) is 25.0 Å². The number of nitrogens with one attached hydrogen (secondary N) is 1. The molecule has 3 aliphatic heterocycles. The number of hydrogen-bond acceptors (Lipinski definition) is 8. The Balaban J connectivity index is 1.09. The number of rotatable bonds is 11. The number of benzene rings is 2. The molecule has 0 bridgehead atoms. The zero-order chi connectivity index (χ0) is 30.6. The van der Waals surface area contributed by atoms with Crippen molar-refractivity contribution in [1.29, 1.82) is 0 Å². The Morgan fingerprint density at radius 2 is 1.93 bits per heavy atom. The van der Waals surface area contributed by atoms with E-state index in [1.165, 1.54) is 32.6 Å². The van der Waals surface area contributed by atoms with E-state index in [2.05, 4.69) is 39.5 Å². The van der Waals surface area contributed by atoms with E-state index in [4.69, 9.17) is 5.73 Å². The second-order valence-electron chi connectivity index (χ2n) is 12.2. The molecule has 4 atom stereocenters. The molecular weight excluding hydrogens is 576 g/mol. The van der Waals surface area contributed by atoms with Gasteiger partial charge in [-0.1, -0.05) is 42.5 Å². The minimum absolute atomic E-state index is 0.0346. The monoisotopic (exact) mass is 616 g/mol. The molecule has 3 aliphatic rings. The third-order valence-electron chi connectivity index (χ3n) is 9.36. The van der Waals surface area contributed by atoms with E-state index in [0.29, 0.717) is 37.5 Å². The van der Waals surface area contributed by atoms with Crippen LogP contribution in [0, 0.1) is 5.92 Å². The van der Waals surface area contributed by atoms with Gasteiger partial charge < -0.3 is 20.9 Å². The zero-order valence-electron chi connectivity index (χ0n) is 24.9. The molecule has 1 aromatic heterocycles. The van der Waals surface area contributed by atoms with E-state index < -0.39 is 18.1 Å². The van der Waals surface area contributed by atoms with Gasteiger partial charge in [-0.05, 0) is 73.7 Å². The topological polar surface area (TPSA) is 129 Å². The minimum Gasteiger partial charge on any atom is -0.344 e. The van der Waals surface area contributed by atoms with E-state index in [-0.39, 0.29) is 36.0 Å². The number of ketones is 1. The number of Topliss-reactive ketones (excluding diaryl/α,β-unsaturated/α-hetero) is 1. The molecule has 6 rings (SSSR count). The SMILES string of the molecule is NCN1CCC[C@@H](C[C@H](NC(=O)[C@@H]2CC[C@H]3C(=O)N(CCCc4cccc5ccccc45)CC(=O)N23)C(=O)c2nccs2)C1. The van der Waals surface area contributed by atoms with Crippen molar-refractivity contribution in [3.63, 3.8) is 0 Å². The molecule has 3 amide bonds. The predicted molar refractivity (Wildman–Crippen MR) is 169 cm³/mol. The van der Waals surface area contributed by atoms with Crippen molar-refractivity contribution in [2.75, 3.05) is 32.8 Å². The molecule has 44 heavy (non-hydrogen) atoms. The van der Waals surface area contributed by atoms with Crippen molar-refractivity contribution in [2.45, 2.75) is 63.1 Å². The van der Waals surface area contributed by atoms with Gasteiger partial charge in [-0.25, -0.2) is 4.98 Å². The number of carbonyl (C=O) groups is 4. The summed E-state index contributed by atoms with van der Waals surface area (Å²) in [5, 5.41) is 7.48. The fourth-order valence-electron chi connectivity index (χ4n) is 7.19. The number of amides is 3. The minimum atomic E-state index is -0.771. The van der Waals surface area contributed by atoms with Crippen LogP contribution in [0.5, 0.6) is 0 Å². The number of hydrogen-bond donors (Lipinski definition) is 2. The van der Waals surface area contributed by atoms with Gasteiger partial charge in [0.25, 0.3) is 0 Å². The van der Waals surface area contributed by atoms with E-state index in [0.717, 1.165) is 38.8 Å². The van der Waals surface area contributed by atoms with Gasteiger partial charge in [0.05, 0.1) is 12.6 Å².